The fraction of sp³-hybridized carbons (Fsp3) is 0.444. The van der Waals surface area contributed by atoms with E-state index in [1.54, 1.807) is 18.2 Å². The van der Waals surface area contributed by atoms with Crippen LogP contribution in [0.2, 0.25) is 0 Å². The van der Waals surface area contributed by atoms with Crippen molar-refractivity contribution in [2.45, 2.75) is 32.2 Å². The quantitative estimate of drug-likeness (QED) is 0.554. The number of carbonyl (C=O) groups excluding carboxylic acids is 4. The molecule has 1 atom stereocenters. The van der Waals surface area contributed by atoms with Crippen molar-refractivity contribution in [3.05, 3.63) is 29.3 Å². The zero-order chi connectivity index (χ0) is 18.7. The summed E-state index contributed by atoms with van der Waals surface area (Å²) in [6, 6.07) is 4.02. The van der Waals surface area contributed by atoms with Gasteiger partial charge < -0.3 is 10.1 Å². The second kappa shape index (κ2) is 7.65. The van der Waals surface area contributed by atoms with Gasteiger partial charge in [-0.15, -0.1) is 0 Å². The number of amides is 4. The Hall–Kier alpha value is -2.74. The van der Waals surface area contributed by atoms with E-state index in [4.69, 9.17) is 4.74 Å². The number of nitrogens with one attached hydrogen (secondary N) is 2. The fourth-order valence-corrected chi connectivity index (χ4v) is 3.17. The van der Waals surface area contributed by atoms with Crippen LogP contribution in [0.25, 0.3) is 0 Å². The predicted octanol–water partition coefficient (Wildman–Crippen LogP) is 0.926. The number of fused-ring (bicyclic) bond motifs is 1. The number of piperidine rings is 1. The van der Waals surface area contributed by atoms with Crippen molar-refractivity contribution in [1.29, 1.82) is 0 Å². The van der Waals surface area contributed by atoms with Crippen LogP contribution in [0.5, 0.6) is 0 Å². The van der Waals surface area contributed by atoms with Crippen molar-refractivity contribution in [2.24, 2.45) is 0 Å². The minimum absolute atomic E-state index is 0.101. The van der Waals surface area contributed by atoms with Crippen molar-refractivity contribution in [1.82, 2.24) is 10.2 Å². The van der Waals surface area contributed by atoms with Crippen LogP contribution in [0.15, 0.2) is 18.2 Å². The standard InChI is InChI=1S/C18H21N3O5/c1-2-9-26-10-8-19-12-5-3-4-11-15(12)18(25)21(17(11)24)13-6-7-14(22)20-16(13)23/h3-5,13,19H,2,6-10H2,1H3,(H,20,22,23). The van der Waals surface area contributed by atoms with Crippen molar-refractivity contribution in [2.75, 3.05) is 25.1 Å². The summed E-state index contributed by atoms with van der Waals surface area (Å²) in [5.41, 5.74) is 1.06. The average molecular weight is 359 g/mol. The first-order valence-electron chi connectivity index (χ1n) is 8.70. The highest BCUT2D eigenvalue weighted by Gasteiger charge is 2.45. The Balaban J connectivity index is 1.78. The highest BCUT2D eigenvalue weighted by molar-refractivity contribution is 6.25. The van der Waals surface area contributed by atoms with E-state index in [1.165, 1.54) is 0 Å². The molecule has 0 spiro atoms. The number of benzene rings is 1. The number of rotatable bonds is 7. The second-order valence-corrected chi connectivity index (χ2v) is 6.21. The van der Waals surface area contributed by atoms with Crippen LogP contribution >= 0.6 is 0 Å². The molecule has 1 fully saturated rings. The minimum Gasteiger partial charge on any atom is -0.382 e. The molecule has 0 aromatic heterocycles. The molecule has 1 unspecified atom stereocenters. The molecule has 1 aromatic rings. The lowest BCUT2D eigenvalue weighted by Gasteiger charge is -2.27. The van der Waals surface area contributed by atoms with Crippen molar-refractivity contribution < 1.29 is 23.9 Å². The third-order valence-corrected chi connectivity index (χ3v) is 4.38. The molecule has 3 rings (SSSR count). The van der Waals surface area contributed by atoms with Gasteiger partial charge in [0.1, 0.15) is 6.04 Å². The number of imide groups is 2. The Morgan fingerprint density at radius 2 is 2.00 bits per heavy atom. The molecule has 2 heterocycles. The van der Waals surface area contributed by atoms with Crippen LogP contribution in [0, 0.1) is 0 Å². The zero-order valence-corrected chi connectivity index (χ0v) is 14.5. The highest BCUT2D eigenvalue weighted by atomic mass is 16.5. The summed E-state index contributed by atoms with van der Waals surface area (Å²) in [7, 11) is 0. The minimum atomic E-state index is -0.958. The van der Waals surface area contributed by atoms with E-state index in [0.717, 1.165) is 11.3 Å². The van der Waals surface area contributed by atoms with Gasteiger partial charge in [-0.05, 0) is 25.0 Å². The summed E-state index contributed by atoms with van der Waals surface area (Å²) in [5.74, 6) is -2.03. The Kier molecular flexibility index (Phi) is 5.32. The molecule has 2 aliphatic heterocycles. The van der Waals surface area contributed by atoms with E-state index >= 15 is 0 Å². The summed E-state index contributed by atoms with van der Waals surface area (Å²) in [6.45, 7) is 3.66. The van der Waals surface area contributed by atoms with Gasteiger partial charge in [-0.25, -0.2) is 0 Å². The molecule has 0 bridgehead atoms. The molecule has 138 valence electrons. The number of ether oxygens (including phenoxy) is 1. The fourth-order valence-electron chi connectivity index (χ4n) is 3.17. The van der Waals surface area contributed by atoms with Gasteiger partial charge in [0.2, 0.25) is 11.8 Å². The van der Waals surface area contributed by atoms with Crippen LogP contribution in [0.4, 0.5) is 5.69 Å². The number of hydrogen-bond donors (Lipinski definition) is 2. The number of anilines is 1. The van der Waals surface area contributed by atoms with Crippen LogP contribution < -0.4 is 10.6 Å². The summed E-state index contributed by atoms with van der Waals surface area (Å²) >= 11 is 0. The first kappa shape index (κ1) is 18.1. The van der Waals surface area contributed by atoms with Crippen LogP contribution in [0.3, 0.4) is 0 Å². The lowest BCUT2D eigenvalue weighted by atomic mass is 10.0. The topological polar surface area (TPSA) is 105 Å². The summed E-state index contributed by atoms with van der Waals surface area (Å²) in [5, 5.41) is 5.30. The van der Waals surface area contributed by atoms with Gasteiger partial charge in [0.15, 0.2) is 0 Å². The van der Waals surface area contributed by atoms with Gasteiger partial charge in [0.25, 0.3) is 11.8 Å². The maximum absolute atomic E-state index is 12.9. The smallest absolute Gasteiger partial charge is 0.264 e. The van der Waals surface area contributed by atoms with E-state index < -0.39 is 29.7 Å². The van der Waals surface area contributed by atoms with Crippen molar-refractivity contribution in [3.8, 4) is 0 Å². The average Bonchev–Trinajstić information content (AvgIpc) is 2.87. The Bertz CT molecular complexity index is 761. The number of nitrogens with zero attached hydrogens (tertiary/aromatic N) is 1. The molecule has 0 saturated carbocycles. The first-order chi connectivity index (χ1) is 12.5. The lowest BCUT2D eigenvalue weighted by Crippen LogP contribution is -2.54. The Morgan fingerprint density at radius 1 is 1.19 bits per heavy atom. The van der Waals surface area contributed by atoms with E-state index in [2.05, 4.69) is 10.6 Å². The normalized spacial score (nSPS) is 19.6. The molecule has 2 N–H and O–H groups in total. The Morgan fingerprint density at radius 3 is 2.73 bits per heavy atom. The van der Waals surface area contributed by atoms with Crippen LogP contribution in [0.1, 0.15) is 46.9 Å². The third kappa shape index (κ3) is 3.32. The highest BCUT2D eigenvalue weighted by Crippen LogP contribution is 2.32. The molecule has 2 aliphatic rings. The predicted molar refractivity (Wildman–Crippen MR) is 92.7 cm³/mol. The molecular weight excluding hydrogens is 338 g/mol. The van der Waals surface area contributed by atoms with E-state index in [-0.39, 0.29) is 24.0 Å². The first-order valence-corrected chi connectivity index (χ1v) is 8.70. The molecule has 0 radical (unpaired) electrons. The van der Waals surface area contributed by atoms with Crippen molar-refractivity contribution >= 4 is 29.3 Å². The molecule has 1 saturated heterocycles. The summed E-state index contributed by atoms with van der Waals surface area (Å²) in [6.07, 6.45) is 1.17. The van der Waals surface area contributed by atoms with Gasteiger partial charge in [-0.1, -0.05) is 13.0 Å². The molecular formula is C18H21N3O5. The lowest BCUT2D eigenvalue weighted by molar-refractivity contribution is -0.136. The second-order valence-electron chi connectivity index (χ2n) is 6.21. The monoisotopic (exact) mass is 359 g/mol. The van der Waals surface area contributed by atoms with E-state index in [9.17, 15) is 19.2 Å². The van der Waals surface area contributed by atoms with Crippen LogP contribution in [-0.2, 0) is 14.3 Å². The molecule has 4 amide bonds. The molecule has 8 nitrogen and oxygen atoms in total. The van der Waals surface area contributed by atoms with Gasteiger partial charge in [-0.3, -0.25) is 29.4 Å². The van der Waals surface area contributed by atoms with Gasteiger partial charge in [0.05, 0.1) is 17.7 Å². The molecule has 0 aliphatic carbocycles. The van der Waals surface area contributed by atoms with Crippen LogP contribution in [-0.4, -0.2) is 54.3 Å². The largest absolute Gasteiger partial charge is 0.382 e. The molecule has 8 heteroatoms. The Labute approximate surface area is 150 Å². The van der Waals surface area contributed by atoms with E-state index in [0.29, 0.717) is 25.4 Å². The van der Waals surface area contributed by atoms with Gasteiger partial charge in [-0.2, -0.15) is 0 Å². The van der Waals surface area contributed by atoms with Gasteiger partial charge in [0, 0.05) is 25.3 Å². The van der Waals surface area contributed by atoms with Gasteiger partial charge >= 0.3 is 0 Å². The summed E-state index contributed by atoms with van der Waals surface area (Å²) in [4.78, 5) is 49.9. The number of hydrogen-bond acceptors (Lipinski definition) is 6. The number of carbonyl (C=O) groups is 4. The molecule has 26 heavy (non-hydrogen) atoms. The summed E-state index contributed by atoms with van der Waals surface area (Å²) < 4.78 is 5.40. The molecule has 1 aromatic carbocycles. The van der Waals surface area contributed by atoms with E-state index in [1.807, 2.05) is 6.92 Å². The zero-order valence-electron chi connectivity index (χ0n) is 14.5. The maximum atomic E-state index is 12.9. The maximum Gasteiger partial charge on any atom is 0.264 e. The third-order valence-electron chi connectivity index (χ3n) is 4.38. The SMILES string of the molecule is CCCOCCNc1cccc2c1C(=O)N(C1CCC(=O)NC1=O)C2=O. The van der Waals surface area contributed by atoms with Crippen molar-refractivity contribution in [3.63, 3.8) is 0 Å².